The van der Waals surface area contributed by atoms with Crippen LogP contribution in [-0.2, 0) is 20.7 Å². The third-order valence-corrected chi connectivity index (χ3v) is 4.69. The quantitative estimate of drug-likeness (QED) is 0.486. The van der Waals surface area contributed by atoms with Crippen molar-refractivity contribution in [2.24, 2.45) is 11.8 Å². The number of carbonyl (C=O) groups is 3. The van der Waals surface area contributed by atoms with Crippen molar-refractivity contribution in [2.45, 2.75) is 18.9 Å². The number of aliphatic carboxylic acids is 2. The number of carbonyl (C=O) groups excluding carboxylic acids is 1. The summed E-state index contributed by atoms with van der Waals surface area (Å²) >= 11 is 0. The van der Waals surface area contributed by atoms with Gasteiger partial charge in [-0.15, -0.1) is 6.58 Å². The molecule has 2 rings (SSSR count). The molecule has 2 aromatic rings. The van der Waals surface area contributed by atoms with Gasteiger partial charge in [0, 0.05) is 13.0 Å². The van der Waals surface area contributed by atoms with Crippen LogP contribution < -0.4 is 5.32 Å². The average Bonchev–Trinajstić information content (AvgIpc) is 2.73. The van der Waals surface area contributed by atoms with Crippen molar-refractivity contribution in [1.29, 1.82) is 0 Å². The average molecular weight is 411 g/mol. The second-order valence-corrected chi connectivity index (χ2v) is 6.79. The standard InChI is InChI=1S/C23H25NO6/c1-2-9-18(21(25)26)19(22(27)28)15-24-23(29)30-20(17-12-7-4-8-13-17)14-16-10-5-3-6-11-16/h2-8,10-13,18-20H,1,9,14-15H2,(H,24,29)(H,25,26)(H,27,28)/t18-,19-,20?/m0/s1. The molecule has 7 nitrogen and oxygen atoms in total. The van der Waals surface area contributed by atoms with Gasteiger partial charge >= 0.3 is 18.0 Å². The highest BCUT2D eigenvalue weighted by atomic mass is 16.6. The molecule has 0 saturated heterocycles. The third kappa shape index (κ3) is 6.77. The molecule has 0 saturated carbocycles. The zero-order valence-electron chi connectivity index (χ0n) is 16.4. The summed E-state index contributed by atoms with van der Waals surface area (Å²) in [5.41, 5.74) is 1.76. The molecule has 158 valence electrons. The molecular weight excluding hydrogens is 386 g/mol. The first-order chi connectivity index (χ1) is 14.4. The largest absolute Gasteiger partial charge is 0.481 e. The molecule has 7 heteroatoms. The zero-order valence-corrected chi connectivity index (χ0v) is 16.4. The number of hydrogen-bond acceptors (Lipinski definition) is 4. The van der Waals surface area contributed by atoms with E-state index in [4.69, 9.17) is 4.74 Å². The normalized spacial score (nSPS) is 13.5. The molecule has 3 N–H and O–H groups in total. The van der Waals surface area contributed by atoms with Gasteiger partial charge in [0.1, 0.15) is 6.10 Å². The molecule has 0 aliphatic heterocycles. The number of rotatable bonds is 11. The van der Waals surface area contributed by atoms with Gasteiger partial charge in [0.05, 0.1) is 11.8 Å². The van der Waals surface area contributed by atoms with E-state index in [1.54, 1.807) is 0 Å². The van der Waals surface area contributed by atoms with Gasteiger partial charge in [-0.2, -0.15) is 0 Å². The first kappa shape index (κ1) is 22.7. The van der Waals surface area contributed by atoms with E-state index in [1.165, 1.54) is 6.08 Å². The van der Waals surface area contributed by atoms with E-state index >= 15 is 0 Å². The van der Waals surface area contributed by atoms with E-state index in [2.05, 4.69) is 11.9 Å². The number of hydrogen-bond donors (Lipinski definition) is 3. The van der Waals surface area contributed by atoms with Crippen LogP contribution in [0.5, 0.6) is 0 Å². The summed E-state index contributed by atoms with van der Waals surface area (Å²) in [6, 6.07) is 18.7. The lowest BCUT2D eigenvalue weighted by molar-refractivity contribution is -0.153. The maximum Gasteiger partial charge on any atom is 0.407 e. The Labute approximate surface area is 175 Å². The van der Waals surface area contributed by atoms with E-state index in [-0.39, 0.29) is 13.0 Å². The molecule has 1 amide bonds. The maximum atomic E-state index is 12.4. The molecule has 0 heterocycles. The van der Waals surface area contributed by atoms with Gasteiger partial charge in [-0.05, 0) is 17.5 Å². The lowest BCUT2D eigenvalue weighted by Crippen LogP contribution is -2.40. The summed E-state index contributed by atoms with van der Waals surface area (Å²) in [6.45, 7) is 3.10. The molecular formula is C23H25NO6. The van der Waals surface area contributed by atoms with Gasteiger partial charge < -0.3 is 20.3 Å². The van der Waals surface area contributed by atoms with Gasteiger partial charge in [-0.3, -0.25) is 9.59 Å². The minimum absolute atomic E-state index is 0.0241. The number of carboxylic acid groups (broad SMARTS) is 2. The van der Waals surface area contributed by atoms with E-state index in [1.807, 2.05) is 60.7 Å². The molecule has 0 aromatic heterocycles. The summed E-state index contributed by atoms with van der Waals surface area (Å²) in [4.78, 5) is 35.3. The van der Waals surface area contributed by atoms with Crippen molar-refractivity contribution in [3.05, 3.63) is 84.4 Å². The predicted molar refractivity (Wildman–Crippen MR) is 111 cm³/mol. The van der Waals surface area contributed by atoms with Crippen LogP contribution in [0.3, 0.4) is 0 Å². The van der Waals surface area contributed by atoms with Crippen molar-refractivity contribution < 1.29 is 29.3 Å². The molecule has 0 fully saturated rings. The molecule has 0 bridgehead atoms. The van der Waals surface area contributed by atoms with Crippen LogP contribution in [0.1, 0.15) is 23.7 Å². The second kappa shape index (κ2) is 11.4. The molecule has 3 atom stereocenters. The van der Waals surface area contributed by atoms with Crippen LogP contribution in [-0.4, -0.2) is 34.8 Å². The van der Waals surface area contributed by atoms with Crippen molar-refractivity contribution in [3.63, 3.8) is 0 Å². The van der Waals surface area contributed by atoms with Crippen LogP contribution in [0.25, 0.3) is 0 Å². The van der Waals surface area contributed by atoms with Crippen molar-refractivity contribution in [1.82, 2.24) is 5.32 Å². The number of amides is 1. The fraction of sp³-hybridized carbons (Fsp3) is 0.261. The van der Waals surface area contributed by atoms with Crippen LogP contribution in [0.15, 0.2) is 73.3 Å². The maximum absolute atomic E-state index is 12.4. The van der Waals surface area contributed by atoms with Crippen LogP contribution in [0, 0.1) is 11.8 Å². The van der Waals surface area contributed by atoms with Crippen molar-refractivity contribution >= 4 is 18.0 Å². The minimum Gasteiger partial charge on any atom is -0.481 e. The summed E-state index contributed by atoms with van der Waals surface area (Å²) in [6.07, 6.45) is 0.366. The molecule has 0 spiro atoms. The molecule has 30 heavy (non-hydrogen) atoms. The lowest BCUT2D eigenvalue weighted by atomic mass is 9.89. The number of allylic oxidation sites excluding steroid dienone is 1. The Morgan fingerprint density at radius 3 is 2.03 bits per heavy atom. The van der Waals surface area contributed by atoms with Gasteiger partial charge in [0.25, 0.3) is 0 Å². The fourth-order valence-electron chi connectivity index (χ4n) is 3.11. The summed E-state index contributed by atoms with van der Waals surface area (Å²) in [5, 5.41) is 21.1. The van der Waals surface area contributed by atoms with Gasteiger partial charge in [-0.1, -0.05) is 66.7 Å². The SMILES string of the molecule is C=CC[C@H](C(=O)O)[C@H](CNC(=O)OC(Cc1ccccc1)c1ccccc1)C(=O)O. The molecule has 1 unspecified atom stereocenters. The fourth-order valence-corrected chi connectivity index (χ4v) is 3.11. The Balaban J connectivity index is 2.08. The minimum atomic E-state index is -1.31. The molecule has 0 aliphatic rings. The first-order valence-electron chi connectivity index (χ1n) is 9.52. The Kier molecular flexibility index (Phi) is 8.62. The Morgan fingerprint density at radius 1 is 0.933 bits per heavy atom. The van der Waals surface area contributed by atoms with Crippen molar-refractivity contribution in [3.8, 4) is 0 Å². The zero-order chi connectivity index (χ0) is 21.9. The van der Waals surface area contributed by atoms with Crippen molar-refractivity contribution in [2.75, 3.05) is 6.54 Å². The van der Waals surface area contributed by atoms with E-state index in [9.17, 15) is 24.6 Å². The Morgan fingerprint density at radius 2 is 1.50 bits per heavy atom. The van der Waals surface area contributed by atoms with E-state index in [0.717, 1.165) is 11.1 Å². The number of benzene rings is 2. The monoisotopic (exact) mass is 411 g/mol. The number of alkyl carbamates (subject to hydrolysis) is 1. The number of ether oxygens (including phenoxy) is 1. The topological polar surface area (TPSA) is 113 Å². The van der Waals surface area contributed by atoms with Crippen LogP contribution in [0.4, 0.5) is 4.79 Å². The second-order valence-electron chi connectivity index (χ2n) is 6.79. The van der Waals surface area contributed by atoms with Crippen LogP contribution in [0.2, 0.25) is 0 Å². The Bertz CT molecular complexity index is 853. The summed E-state index contributed by atoms with van der Waals surface area (Å²) < 4.78 is 5.56. The highest BCUT2D eigenvalue weighted by molar-refractivity contribution is 5.81. The first-order valence-corrected chi connectivity index (χ1v) is 9.52. The summed E-state index contributed by atoms with van der Waals surface area (Å²) in [7, 11) is 0. The third-order valence-electron chi connectivity index (χ3n) is 4.69. The molecule has 0 radical (unpaired) electrons. The summed E-state index contributed by atoms with van der Waals surface area (Å²) in [5.74, 6) is -5.08. The molecule has 2 aromatic carbocycles. The molecule has 0 aliphatic carbocycles. The van der Waals surface area contributed by atoms with E-state index < -0.39 is 36.0 Å². The smallest absolute Gasteiger partial charge is 0.407 e. The number of carboxylic acids is 2. The number of nitrogens with one attached hydrogen (secondary N) is 1. The van der Waals surface area contributed by atoms with Gasteiger partial charge in [0.2, 0.25) is 0 Å². The highest BCUT2D eigenvalue weighted by Crippen LogP contribution is 2.23. The van der Waals surface area contributed by atoms with Crippen LogP contribution >= 0.6 is 0 Å². The van der Waals surface area contributed by atoms with E-state index in [0.29, 0.717) is 6.42 Å². The highest BCUT2D eigenvalue weighted by Gasteiger charge is 2.33. The van der Waals surface area contributed by atoms with Gasteiger partial charge in [-0.25, -0.2) is 4.79 Å². The van der Waals surface area contributed by atoms with Gasteiger partial charge in [0.15, 0.2) is 0 Å². The predicted octanol–water partition coefficient (Wildman–Crippen LogP) is 3.67. The lowest BCUT2D eigenvalue weighted by Gasteiger charge is -2.22. The Hall–Kier alpha value is -3.61.